The molecule has 0 aliphatic carbocycles. The highest BCUT2D eigenvalue weighted by Gasteiger charge is 2.17. The van der Waals surface area contributed by atoms with Crippen LogP contribution in [-0.2, 0) is 10.0 Å². The number of hydrogen-bond acceptors (Lipinski definition) is 5. The van der Waals surface area contributed by atoms with E-state index in [9.17, 15) is 18.0 Å². The van der Waals surface area contributed by atoms with Crippen LogP contribution in [0.4, 0.5) is 5.69 Å². The van der Waals surface area contributed by atoms with Crippen molar-refractivity contribution in [1.29, 1.82) is 0 Å². The first-order chi connectivity index (χ1) is 13.8. The van der Waals surface area contributed by atoms with E-state index in [1.165, 1.54) is 60.9 Å². The monoisotopic (exact) mass is 430 g/mol. The molecule has 29 heavy (non-hydrogen) atoms. The largest absolute Gasteiger partial charge is 0.280 e. The SMILES string of the molecule is O=C(NNC(=O)c1cccc(S(=O)(=O)Nc2ccc(Cl)cc2)c1)c1ccncc1. The third kappa shape index (κ3) is 5.31. The maximum atomic E-state index is 12.6. The number of rotatable bonds is 5. The van der Waals surface area contributed by atoms with Crippen LogP contribution in [0.25, 0.3) is 0 Å². The molecule has 2 amide bonds. The standard InChI is InChI=1S/C19H15ClN4O4S/c20-15-4-6-16(7-5-15)24-29(27,28)17-3-1-2-14(12-17)19(26)23-22-18(25)13-8-10-21-11-9-13/h1-12,24H,(H,22,25)(H,23,26). The van der Waals surface area contributed by atoms with E-state index in [1.807, 2.05) is 0 Å². The Hall–Kier alpha value is -3.43. The van der Waals surface area contributed by atoms with E-state index in [4.69, 9.17) is 11.6 Å². The van der Waals surface area contributed by atoms with Crippen molar-refractivity contribution in [3.05, 3.63) is 89.2 Å². The van der Waals surface area contributed by atoms with Crippen LogP contribution >= 0.6 is 11.6 Å². The zero-order valence-corrected chi connectivity index (χ0v) is 16.4. The molecule has 3 rings (SSSR count). The highest BCUT2D eigenvalue weighted by molar-refractivity contribution is 7.92. The number of sulfonamides is 1. The maximum Gasteiger partial charge on any atom is 0.269 e. The summed E-state index contributed by atoms with van der Waals surface area (Å²) in [6, 6.07) is 14.5. The Kier molecular flexibility index (Phi) is 6.10. The van der Waals surface area contributed by atoms with Crippen LogP contribution in [-0.4, -0.2) is 25.2 Å². The van der Waals surface area contributed by atoms with Gasteiger partial charge in [0.1, 0.15) is 0 Å². The molecule has 8 nitrogen and oxygen atoms in total. The highest BCUT2D eigenvalue weighted by Crippen LogP contribution is 2.19. The van der Waals surface area contributed by atoms with Gasteiger partial charge in [0.2, 0.25) is 0 Å². The molecule has 3 N–H and O–H groups in total. The van der Waals surface area contributed by atoms with E-state index in [1.54, 1.807) is 12.1 Å². The van der Waals surface area contributed by atoms with Gasteiger partial charge in [0.15, 0.2) is 0 Å². The predicted molar refractivity (Wildman–Crippen MR) is 108 cm³/mol. The number of nitrogens with zero attached hydrogens (tertiary/aromatic N) is 1. The van der Waals surface area contributed by atoms with Gasteiger partial charge in [-0.1, -0.05) is 17.7 Å². The van der Waals surface area contributed by atoms with Crippen molar-refractivity contribution in [2.45, 2.75) is 4.90 Å². The Morgan fingerprint density at radius 1 is 0.828 bits per heavy atom. The van der Waals surface area contributed by atoms with Gasteiger partial charge in [-0.3, -0.25) is 30.1 Å². The Morgan fingerprint density at radius 3 is 2.10 bits per heavy atom. The molecule has 0 aliphatic heterocycles. The van der Waals surface area contributed by atoms with Gasteiger partial charge in [0.05, 0.1) is 4.90 Å². The van der Waals surface area contributed by atoms with Gasteiger partial charge < -0.3 is 0 Å². The quantitative estimate of drug-likeness (QED) is 0.538. The fraction of sp³-hybridized carbons (Fsp3) is 0. The third-order valence-electron chi connectivity index (χ3n) is 3.74. The van der Waals surface area contributed by atoms with Crippen LogP contribution in [0.3, 0.4) is 0 Å². The lowest BCUT2D eigenvalue weighted by Gasteiger charge is -2.10. The summed E-state index contributed by atoms with van der Waals surface area (Å²) in [5, 5.41) is 0.473. The van der Waals surface area contributed by atoms with Gasteiger partial charge in [-0.05, 0) is 54.6 Å². The summed E-state index contributed by atoms with van der Waals surface area (Å²) in [4.78, 5) is 27.9. The summed E-state index contributed by atoms with van der Waals surface area (Å²) < 4.78 is 27.5. The first-order valence-corrected chi connectivity index (χ1v) is 10.1. The van der Waals surface area contributed by atoms with E-state index in [0.29, 0.717) is 16.3 Å². The van der Waals surface area contributed by atoms with Crippen molar-refractivity contribution in [1.82, 2.24) is 15.8 Å². The normalized spacial score (nSPS) is 10.8. The fourth-order valence-electron chi connectivity index (χ4n) is 2.30. The highest BCUT2D eigenvalue weighted by atomic mass is 35.5. The molecule has 0 aliphatic rings. The van der Waals surface area contributed by atoms with E-state index >= 15 is 0 Å². The van der Waals surface area contributed by atoms with E-state index < -0.39 is 21.8 Å². The molecule has 0 saturated carbocycles. The first-order valence-electron chi connectivity index (χ1n) is 8.24. The molecule has 1 heterocycles. The topological polar surface area (TPSA) is 117 Å². The lowest BCUT2D eigenvalue weighted by molar-refractivity contribution is 0.0846. The molecule has 0 unspecified atom stereocenters. The van der Waals surface area contributed by atoms with E-state index in [-0.39, 0.29) is 10.5 Å². The van der Waals surface area contributed by atoms with Crippen LogP contribution in [0, 0.1) is 0 Å². The molecule has 3 aromatic rings. The van der Waals surface area contributed by atoms with Crippen LogP contribution in [0.1, 0.15) is 20.7 Å². The molecular weight excluding hydrogens is 416 g/mol. The number of halogens is 1. The molecule has 0 bridgehead atoms. The van der Waals surface area contributed by atoms with Crippen molar-refractivity contribution < 1.29 is 18.0 Å². The number of carbonyl (C=O) groups excluding carboxylic acids is 2. The van der Waals surface area contributed by atoms with Gasteiger partial charge in [-0.2, -0.15) is 0 Å². The van der Waals surface area contributed by atoms with Crippen LogP contribution in [0.15, 0.2) is 78.0 Å². The summed E-state index contributed by atoms with van der Waals surface area (Å²) in [5.41, 5.74) is 5.19. The Morgan fingerprint density at radius 2 is 1.45 bits per heavy atom. The molecule has 0 atom stereocenters. The maximum absolute atomic E-state index is 12.6. The van der Waals surface area contributed by atoms with Crippen molar-refractivity contribution in [2.24, 2.45) is 0 Å². The summed E-state index contributed by atoms with van der Waals surface area (Å²) in [5.74, 6) is -1.20. The van der Waals surface area contributed by atoms with Crippen molar-refractivity contribution in [3.8, 4) is 0 Å². The minimum Gasteiger partial charge on any atom is -0.280 e. The van der Waals surface area contributed by atoms with Gasteiger partial charge in [-0.15, -0.1) is 0 Å². The summed E-state index contributed by atoms with van der Waals surface area (Å²) in [6.45, 7) is 0. The molecule has 148 valence electrons. The average Bonchev–Trinajstić information content (AvgIpc) is 2.74. The minimum atomic E-state index is -3.92. The molecule has 0 radical (unpaired) electrons. The third-order valence-corrected chi connectivity index (χ3v) is 5.37. The number of hydrogen-bond donors (Lipinski definition) is 3. The summed E-state index contributed by atoms with van der Waals surface area (Å²) in [6.07, 6.45) is 2.89. The van der Waals surface area contributed by atoms with Crippen LogP contribution in [0.2, 0.25) is 5.02 Å². The summed E-state index contributed by atoms with van der Waals surface area (Å²) >= 11 is 5.79. The molecule has 0 fully saturated rings. The average molecular weight is 431 g/mol. The fourth-order valence-corrected chi connectivity index (χ4v) is 3.53. The minimum absolute atomic E-state index is 0.0546. The number of aromatic nitrogens is 1. The van der Waals surface area contributed by atoms with Crippen LogP contribution < -0.4 is 15.6 Å². The molecule has 2 aromatic carbocycles. The van der Waals surface area contributed by atoms with E-state index in [0.717, 1.165) is 0 Å². The van der Waals surface area contributed by atoms with Gasteiger partial charge in [0, 0.05) is 34.2 Å². The predicted octanol–water partition coefficient (Wildman–Crippen LogP) is 2.61. The zero-order chi connectivity index (χ0) is 20.9. The second-order valence-corrected chi connectivity index (χ2v) is 7.90. The number of hydrazine groups is 1. The molecular formula is C19H15ClN4O4S. The van der Waals surface area contributed by atoms with Crippen molar-refractivity contribution >= 4 is 39.1 Å². The molecule has 10 heteroatoms. The Bertz CT molecular complexity index is 1140. The van der Waals surface area contributed by atoms with Gasteiger partial charge >= 0.3 is 0 Å². The van der Waals surface area contributed by atoms with Crippen LogP contribution in [0.5, 0.6) is 0 Å². The van der Waals surface area contributed by atoms with Gasteiger partial charge in [-0.25, -0.2) is 8.42 Å². The number of amides is 2. The molecule has 0 spiro atoms. The van der Waals surface area contributed by atoms with Gasteiger partial charge in [0.25, 0.3) is 21.8 Å². The lowest BCUT2D eigenvalue weighted by Crippen LogP contribution is -2.41. The Labute approximate surface area is 172 Å². The number of benzene rings is 2. The first kappa shape index (κ1) is 20.3. The second-order valence-electron chi connectivity index (χ2n) is 5.78. The molecule has 1 aromatic heterocycles. The number of nitrogens with one attached hydrogen (secondary N) is 3. The van der Waals surface area contributed by atoms with E-state index in [2.05, 4.69) is 20.6 Å². The Balaban J connectivity index is 1.70. The number of pyridine rings is 1. The van der Waals surface area contributed by atoms with Crippen molar-refractivity contribution in [3.63, 3.8) is 0 Å². The molecule has 0 saturated heterocycles. The lowest BCUT2D eigenvalue weighted by atomic mass is 10.2. The number of carbonyl (C=O) groups is 2. The summed E-state index contributed by atoms with van der Waals surface area (Å²) in [7, 11) is -3.92. The smallest absolute Gasteiger partial charge is 0.269 e. The zero-order valence-electron chi connectivity index (χ0n) is 14.8. The number of anilines is 1. The second kappa shape index (κ2) is 8.72. The van der Waals surface area contributed by atoms with Crippen molar-refractivity contribution in [2.75, 3.05) is 4.72 Å².